The molecule has 11 heteroatoms. The lowest BCUT2D eigenvalue weighted by Gasteiger charge is -2.42. The zero-order valence-corrected chi connectivity index (χ0v) is 22.4. The summed E-state index contributed by atoms with van der Waals surface area (Å²) in [5, 5.41) is 11.3. The van der Waals surface area contributed by atoms with Gasteiger partial charge in [-0.25, -0.2) is 15.0 Å². The molecule has 2 aromatic rings. The van der Waals surface area contributed by atoms with Crippen LogP contribution in [0.3, 0.4) is 0 Å². The minimum absolute atomic E-state index is 0.0239. The minimum atomic E-state index is -0.195. The minimum Gasteiger partial charge on any atom is -0.473 e. The Bertz CT molecular complexity index is 1080. The molecule has 5 heterocycles. The summed E-state index contributed by atoms with van der Waals surface area (Å²) in [5.74, 6) is 1.16. The zero-order chi connectivity index (χ0) is 25.3. The van der Waals surface area contributed by atoms with Crippen LogP contribution in [0, 0.1) is 12.3 Å². The predicted molar refractivity (Wildman–Crippen MR) is 138 cm³/mol. The maximum absolute atomic E-state index is 10.1. The van der Waals surface area contributed by atoms with E-state index in [4.69, 9.17) is 41.5 Å². The van der Waals surface area contributed by atoms with Crippen LogP contribution < -0.4 is 15.4 Å². The lowest BCUT2D eigenvalue weighted by atomic mass is 9.73. The third-order valence-electron chi connectivity index (χ3n) is 7.61. The smallest absolute Gasteiger partial charge is 0.234 e. The predicted octanol–water partition coefficient (Wildman–Crippen LogP) is 3.37. The van der Waals surface area contributed by atoms with Gasteiger partial charge >= 0.3 is 0 Å². The molecular formula is C25H34ClN5O4S. The molecule has 0 amide bonds. The number of nitrogens with two attached hydrogens (primary N) is 1. The summed E-state index contributed by atoms with van der Waals surface area (Å²) in [7, 11) is 0. The Morgan fingerprint density at radius 1 is 1.28 bits per heavy atom. The van der Waals surface area contributed by atoms with Crippen LogP contribution >= 0.6 is 23.4 Å². The van der Waals surface area contributed by atoms with E-state index in [1.165, 1.54) is 11.8 Å². The Hall–Kier alpha value is -1.69. The molecule has 0 saturated carbocycles. The second-order valence-corrected chi connectivity index (χ2v) is 11.3. The molecule has 3 saturated heterocycles. The monoisotopic (exact) mass is 535 g/mol. The SMILES string of the molecule is Cc1nc(N2CCC3(CC2)CO[C@@H](C)[C@H]3N)c(CO)nc1Sc1ccnc(OC2CCOCC2)c1Cl. The van der Waals surface area contributed by atoms with Gasteiger partial charge in [-0.05, 0) is 32.8 Å². The Kier molecular flexibility index (Phi) is 7.90. The number of aromatic nitrogens is 3. The van der Waals surface area contributed by atoms with Crippen molar-refractivity contribution in [3.05, 3.63) is 28.7 Å². The highest BCUT2D eigenvalue weighted by molar-refractivity contribution is 7.99. The normalized spacial score (nSPS) is 24.4. The molecule has 2 atom stereocenters. The molecule has 3 aliphatic heterocycles. The topological polar surface area (TPSA) is 116 Å². The first-order chi connectivity index (χ1) is 17.4. The molecule has 5 rings (SSSR count). The van der Waals surface area contributed by atoms with E-state index in [0.29, 0.717) is 41.4 Å². The van der Waals surface area contributed by atoms with Gasteiger partial charge in [0, 0.05) is 48.5 Å². The Balaban J connectivity index is 1.32. The number of hydrogen-bond acceptors (Lipinski definition) is 10. The highest BCUT2D eigenvalue weighted by atomic mass is 35.5. The van der Waals surface area contributed by atoms with Crippen LogP contribution in [-0.2, 0) is 16.1 Å². The number of halogens is 1. The molecule has 2 aromatic heterocycles. The molecule has 0 aliphatic carbocycles. The number of hydrogen-bond donors (Lipinski definition) is 2. The molecule has 0 unspecified atom stereocenters. The van der Waals surface area contributed by atoms with E-state index in [9.17, 15) is 5.11 Å². The van der Waals surface area contributed by atoms with Crippen molar-refractivity contribution >= 4 is 29.2 Å². The average molecular weight is 536 g/mol. The van der Waals surface area contributed by atoms with Gasteiger partial charge in [0.25, 0.3) is 0 Å². The fourth-order valence-electron chi connectivity index (χ4n) is 5.24. The van der Waals surface area contributed by atoms with Gasteiger partial charge in [-0.2, -0.15) is 0 Å². The van der Waals surface area contributed by atoms with Gasteiger partial charge in [-0.15, -0.1) is 0 Å². The fourth-order valence-corrected chi connectivity index (χ4v) is 6.38. The van der Waals surface area contributed by atoms with Gasteiger partial charge in [0.1, 0.15) is 21.8 Å². The van der Waals surface area contributed by atoms with Crippen LogP contribution in [0.25, 0.3) is 0 Å². The van der Waals surface area contributed by atoms with E-state index in [0.717, 1.165) is 55.2 Å². The molecule has 196 valence electrons. The maximum atomic E-state index is 10.1. The second-order valence-electron chi connectivity index (χ2n) is 9.89. The lowest BCUT2D eigenvalue weighted by Crippen LogP contribution is -2.51. The standard InChI is InChI=1S/C25H34ClN5O4S/c1-15-24(36-19-3-8-28-23(20(19)26)35-17-4-11-33-12-5-17)30-18(13-32)22(29-15)31-9-6-25(7-10-31)14-34-16(2)21(25)27/h3,8,16-17,21,32H,4-7,9-14,27H2,1-2H3/t16-,21+/m0/s1. The quantitative estimate of drug-likeness (QED) is 0.570. The number of nitrogens with zero attached hydrogens (tertiary/aromatic N) is 4. The summed E-state index contributed by atoms with van der Waals surface area (Å²) in [5.41, 5.74) is 7.84. The van der Waals surface area contributed by atoms with Crippen molar-refractivity contribution in [2.45, 2.75) is 74.3 Å². The van der Waals surface area contributed by atoms with Crippen LogP contribution in [0.4, 0.5) is 5.82 Å². The number of aliphatic hydroxyl groups excluding tert-OH is 1. The first-order valence-corrected chi connectivity index (χ1v) is 13.8. The van der Waals surface area contributed by atoms with Gasteiger partial charge < -0.3 is 30.0 Å². The molecule has 3 N–H and O–H groups in total. The average Bonchev–Trinajstić information content (AvgIpc) is 3.17. The van der Waals surface area contributed by atoms with Crippen LogP contribution in [0.5, 0.6) is 5.88 Å². The molecule has 0 bridgehead atoms. The van der Waals surface area contributed by atoms with Crippen molar-refractivity contribution in [1.29, 1.82) is 0 Å². The molecule has 3 aliphatic rings. The molecule has 9 nitrogen and oxygen atoms in total. The van der Waals surface area contributed by atoms with Crippen LogP contribution in [0.1, 0.15) is 44.0 Å². The van der Waals surface area contributed by atoms with Crippen molar-refractivity contribution in [2.75, 3.05) is 37.8 Å². The van der Waals surface area contributed by atoms with E-state index in [-0.39, 0.29) is 30.3 Å². The van der Waals surface area contributed by atoms with Crippen molar-refractivity contribution in [1.82, 2.24) is 15.0 Å². The van der Waals surface area contributed by atoms with Crippen LogP contribution in [0.15, 0.2) is 22.2 Å². The third kappa shape index (κ3) is 5.16. The van der Waals surface area contributed by atoms with E-state index in [2.05, 4.69) is 16.8 Å². The highest BCUT2D eigenvalue weighted by Crippen LogP contribution is 2.43. The summed E-state index contributed by atoms with van der Waals surface area (Å²) in [4.78, 5) is 17.0. The van der Waals surface area contributed by atoms with E-state index in [1.54, 1.807) is 6.20 Å². The summed E-state index contributed by atoms with van der Waals surface area (Å²) in [6.45, 7) is 7.47. The van der Waals surface area contributed by atoms with Crippen LogP contribution in [0.2, 0.25) is 5.02 Å². The lowest BCUT2D eigenvalue weighted by molar-refractivity contribution is 0.0237. The van der Waals surface area contributed by atoms with Crippen LogP contribution in [-0.4, -0.2) is 71.2 Å². The summed E-state index contributed by atoms with van der Waals surface area (Å²) >= 11 is 8.08. The summed E-state index contributed by atoms with van der Waals surface area (Å²) in [6, 6.07) is 1.89. The largest absolute Gasteiger partial charge is 0.473 e. The van der Waals surface area contributed by atoms with Gasteiger partial charge in [0.2, 0.25) is 5.88 Å². The molecule has 3 fully saturated rings. The molecule has 0 radical (unpaired) electrons. The Morgan fingerprint density at radius 2 is 2.03 bits per heavy atom. The maximum Gasteiger partial charge on any atom is 0.234 e. The number of piperidine rings is 1. The van der Waals surface area contributed by atoms with E-state index >= 15 is 0 Å². The summed E-state index contributed by atoms with van der Waals surface area (Å²) < 4.78 is 17.3. The van der Waals surface area contributed by atoms with Gasteiger partial charge in [-0.1, -0.05) is 23.4 Å². The molecule has 1 spiro atoms. The first kappa shape index (κ1) is 25.9. The van der Waals surface area contributed by atoms with Gasteiger partial charge in [0.15, 0.2) is 5.82 Å². The highest BCUT2D eigenvalue weighted by Gasteiger charge is 2.47. The number of aryl methyl sites for hydroxylation is 1. The number of ether oxygens (including phenoxy) is 3. The van der Waals surface area contributed by atoms with Gasteiger partial charge in [-0.3, -0.25) is 0 Å². The first-order valence-electron chi connectivity index (χ1n) is 12.6. The molecule has 0 aromatic carbocycles. The molecule has 36 heavy (non-hydrogen) atoms. The number of pyridine rings is 1. The van der Waals surface area contributed by atoms with Gasteiger partial charge in [0.05, 0.1) is 38.2 Å². The third-order valence-corrected chi connectivity index (χ3v) is 9.23. The van der Waals surface area contributed by atoms with Crippen molar-refractivity contribution < 1.29 is 19.3 Å². The number of rotatable bonds is 6. The number of aliphatic hydroxyl groups is 1. The molecular weight excluding hydrogens is 502 g/mol. The summed E-state index contributed by atoms with van der Waals surface area (Å²) in [6.07, 6.45) is 5.32. The Morgan fingerprint density at radius 3 is 2.69 bits per heavy atom. The van der Waals surface area contributed by atoms with E-state index < -0.39 is 0 Å². The number of anilines is 1. The van der Waals surface area contributed by atoms with Crippen molar-refractivity contribution in [2.24, 2.45) is 11.1 Å². The fraction of sp³-hybridized carbons (Fsp3) is 0.640. The van der Waals surface area contributed by atoms with E-state index in [1.807, 2.05) is 13.0 Å². The van der Waals surface area contributed by atoms with Crippen molar-refractivity contribution in [3.8, 4) is 5.88 Å². The second kappa shape index (κ2) is 11.0. The van der Waals surface area contributed by atoms with Crippen molar-refractivity contribution in [3.63, 3.8) is 0 Å². The zero-order valence-electron chi connectivity index (χ0n) is 20.8. The Labute approximate surface area is 221 Å².